The van der Waals surface area contributed by atoms with E-state index in [0.29, 0.717) is 0 Å². The van der Waals surface area contributed by atoms with E-state index in [4.69, 9.17) is 9.97 Å². The van der Waals surface area contributed by atoms with Crippen molar-refractivity contribution in [2.45, 2.75) is 38.5 Å². The minimum atomic E-state index is -0.133. The van der Waals surface area contributed by atoms with E-state index < -0.39 is 0 Å². The molecule has 2 aliphatic carbocycles. The Kier molecular flexibility index (Phi) is 8.00. The molecule has 0 spiro atoms. The fourth-order valence-corrected chi connectivity index (χ4v) is 11.3. The molecule has 65 heavy (non-hydrogen) atoms. The van der Waals surface area contributed by atoms with Gasteiger partial charge in [0.15, 0.2) is 0 Å². The number of para-hydroxylation sites is 2. The van der Waals surface area contributed by atoms with Gasteiger partial charge in [-0.2, -0.15) is 0 Å². The third-order valence-corrected chi connectivity index (χ3v) is 14.6. The Hall–Kier alpha value is -7.88. The number of nitrogens with zero attached hydrogens (tertiary/aromatic N) is 3. The van der Waals surface area contributed by atoms with E-state index in [1.165, 1.54) is 72.1 Å². The van der Waals surface area contributed by atoms with Crippen LogP contribution in [0.4, 0.5) is 0 Å². The van der Waals surface area contributed by atoms with E-state index in [9.17, 15) is 0 Å². The Morgan fingerprint density at radius 2 is 0.877 bits per heavy atom. The first-order valence-electron chi connectivity index (χ1n) is 22.7. The monoisotopic (exact) mass is 831 g/mol. The second kappa shape index (κ2) is 13.8. The van der Waals surface area contributed by atoms with E-state index >= 15 is 0 Å². The number of pyridine rings is 1. The molecule has 0 fully saturated rings. The first kappa shape index (κ1) is 37.7. The van der Waals surface area contributed by atoms with Crippen molar-refractivity contribution in [2.75, 3.05) is 0 Å². The topological polar surface area (TPSA) is 30.7 Å². The fraction of sp³-hybridized carbons (Fsp3) is 0.0968. The molecule has 0 atom stereocenters. The summed E-state index contributed by atoms with van der Waals surface area (Å²) >= 11 is 0. The van der Waals surface area contributed by atoms with Crippen LogP contribution < -0.4 is 0 Å². The van der Waals surface area contributed by atoms with Crippen LogP contribution in [0.1, 0.15) is 49.9 Å². The lowest BCUT2D eigenvalue weighted by Gasteiger charge is -2.23. The largest absolute Gasteiger partial charge is 0.292 e. The molecule has 0 amide bonds. The highest BCUT2D eigenvalue weighted by molar-refractivity contribution is 6.16. The van der Waals surface area contributed by atoms with Crippen molar-refractivity contribution in [3.05, 3.63) is 222 Å². The molecule has 2 aromatic heterocycles. The molecule has 0 saturated heterocycles. The number of fused-ring (bicyclic) bond motifs is 10. The second-order valence-corrected chi connectivity index (χ2v) is 19.0. The van der Waals surface area contributed by atoms with Crippen LogP contribution in [0.5, 0.6) is 0 Å². The lowest BCUT2D eigenvalue weighted by Crippen LogP contribution is -2.15. The summed E-state index contributed by atoms with van der Waals surface area (Å²) in [5.74, 6) is 0.922. The minimum absolute atomic E-state index is 0.103. The number of imidazole rings is 1. The van der Waals surface area contributed by atoms with E-state index in [0.717, 1.165) is 55.7 Å². The zero-order valence-corrected chi connectivity index (χ0v) is 36.9. The third kappa shape index (κ3) is 5.55. The summed E-state index contributed by atoms with van der Waals surface area (Å²) in [6.07, 6.45) is 0. The second-order valence-electron chi connectivity index (χ2n) is 19.0. The van der Waals surface area contributed by atoms with Crippen LogP contribution in [0, 0.1) is 0 Å². The highest BCUT2D eigenvalue weighted by atomic mass is 15.1. The van der Waals surface area contributed by atoms with Crippen molar-refractivity contribution >= 4 is 32.7 Å². The molecule has 11 aromatic rings. The molecule has 0 saturated carbocycles. The maximum absolute atomic E-state index is 5.62. The van der Waals surface area contributed by atoms with Gasteiger partial charge in [-0.3, -0.25) is 4.57 Å². The van der Waals surface area contributed by atoms with Gasteiger partial charge < -0.3 is 0 Å². The highest BCUT2D eigenvalue weighted by Gasteiger charge is 2.37. The number of benzene rings is 9. The number of aromatic nitrogens is 3. The van der Waals surface area contributed by atoms with E-state index in [-0.39, 0.29) is 10.8 Å². The van der Waals surface area contributed by atoms with Gasteiger partial charge >= 0.3 is 0 Å². The zero-order valence-electron chi connectivity index (χ0n) is 36.9. The minimum Gasteiger partial charge on any atom is -0.292 e. The fourth-order valence-electron chi connectivity index (χ4n) is 11.3. The van der Waals surface area contributed by atoms with Crippen molar-refractivity contribution in [3.63, 3.8) is 0 Å². The Morgan fingerprint density at radius 1 is 0.354 bits per heavy atom. The predicted octanol–water partition coefficient (Wildman–Crippen LogP) is 16.0. The Balaban J connectivity index is 1.02. The van der Waals surface area contributed by atoms with Crippen molar-refractivity contribution in [1.29, 1.82) is 0 Å². The lowest BCUT2D eigenvalue weighted by atomic mass is 9.81. The van der Waals surface area contributed by atoms with Crippen molar-refractivity contribution in [3.8, 4) is 72.8 Å². The predicted molar refractivity (Wildman–Crippen MR) is 271 cm³/mol. The highest BCUT2D eigenvalue weighted by Crippen LogP contribution is 2.52. The Morgan fingerprint density at radius 3 is 1.54 bits per heavy atom. The van der Waals surface area contributed by atoms with Gasteiger partial charge in [0.1, 0.15) is 5.82 Å². The van der Waals surface area contributed by atoms with Crippen molar-refractivity contribution < 1.29 is 0 Å². The molecule has 13 rings (SSSR count). The molecule has 3 heteroatoms. The van der Waals surface area contributed by atoms with Gasteiger partial charge in [0, 0.05) is 38.4 Å². The van der Waals surface area contributed by atoms with Crippen molar-refractivity contribution in [1.82, 2.24) is 14.5 Å². The maximum atomic E-state index is 5.62. The third-order valence-electron chi connectivity index (χ3n) is 14.6. The molecule has 2 heterocycles. The Labute approximate surface area is 379 Å². The average molecular weight is 832 g/mol. The van der Waals surface area contributed by atoms with Gasteiger partial charge in [-0.15, -0.1) is 0 Å². The molecule has 0 aliphatic heterocycles. The smallest absolute Gasteiger partial charge is 0.145 e. The molecule has 2 aliphatic rings. The lowest BCUT2D eigenvalue weighted by molar-refractivity contribution is 0.660. The summed E-state index contributed by atoms with van der Waals surface area (Å²) in [5, 5.41) is 3.49. The van der Waals surface area contributed by atoms with Crippen LogP contribution in [0.25, 0.3) is 106 Å². The Bertz CT molecular complexity index is 3760. The van der Waals surface area contributed by atoms with E-state index in [1.54, 1.807) is 0 Å². The summed E-state index contributed by atoms with van der Waals surface area (Å²) in [7, 11) is 0. The van der Waals surface area contributed by atoms with Crippen LogP contribution in [-0.4, -0.2) is 14.5 Å². The number of hydrogen-bond acceptors (Lipinski definition) is 2. The van der Waals surface area contributed by atoms with Crippen LogP contribution in [0.2, 0.25) is 0 Å². The maximum Gasteiger partial charge on any atom is 0.145 e. The van der Waals surface area contributed by atoms with Gasteiger partial charge in [0.2, 0.25) is 0 Å². The van der Waals surface area contributed by atoms with Crippen LogP contribution >= 0.6 is 0 Å². The van der Waals surface area contributed by atoms with Gasteiger partial charge in [-0.05, 0) is 121 Å². The zero-order chi connectivity index (χ0) is 43.6. The first-order chi connectivity index (χ1) is 31.7. The normalized spacial score (nSPS) is 14.1. The molecule has 3 nitrogen and oxygen atoms in total. The number of hydrogen-bond donors (Lipinski definition) is 0. The van der Waals surface area contributed by atoms with Gasteiger partial charge in [-0.1, -0.05) is 179 Å². The van der Waals surface area contributed by atoms with Crippen LogP contribution in [-0.2, 0) is 10.8 Å². The molecule has 308 valence electrons. The molecule has 9 aromatic carbocycles. The standard InChI is InChI=1S/C62H45N3/c1-61(2)52-22-12-10-19-44(52)46-32-28-40(34-54(46)61)49-36-51-50(41-29-33-47-45-20-11-13-23-53(45)62(3,4)55(47)35-41)37-57(63-59(51)48-21-9-8-18-43(48)49)38-26-30-42(31-27-38)65-58-25-15-14-24-56(58)64-60(65)39-16-6-5-7-17-39/h5-37H,1-4H3. The molecule has 0 unspecified atom stereocenters. The summed E-state index contributed by atoms with van der Waals surface area (Å²) in [4.78, 5) is 10.7. The van der Waals surface area contributed by atoms with Gasteiger partial charge in [-0.25, -0.2) is 9.97 Å². The summed E-state index contributed by atoms with van der Waals surface area (Å²) < 4.78 is 2.27. The molecule has 0 radical (unpaired) electrons. The quantitative estimate of drug-likeness (QED) is 0.162. The van der Waals surface area contributed by atoms with E-state index in [2.05, 4.69) is 232 Å². The number of rotatable bonds is 5. The molecular weight excluding hydrogens is 787 g/mol. The SMILES string of the molecule is CC1(C)c2ccccc2-c2ccc(-c3cc4c(-c5ccc6c(c5)C(C)(C)c5ccccc5-6)cc(-c5ccc(-n6c(-c7ccccc7)nc7ccccc76)cc5)nc4c4ccccc34)cc21. The summed E-state index contributed by atoms with van der Waals surface area (Å²) in [5.41, 5.74) is 22.6. The van der Waals surface area contributed by atoms with Gasteiger partial charge in [0.25, 0.3) is 0 Å². The van der Waals surface area contributed by atoms with Crippen LogP contribution in [0.15, 0.2) is 200 Å². The van der Waals surface area contributed by atoms with Crippen molar-refractivity contribution in [2.24, 2.45) is 0 Å². The average Bonchev–Trinajstić information content (AvgIpc) is 3.93. The van der Waals surface area contributed by atoms with E-state index in [1.807, 2.05) is 0 Å². The molecule has 0 N–H and O–H groups in total. The molecular formula is C62H45N3. The first-order valence-corrected chi connectivity index (χ1v) is 22.7. The summed E-state index contributed by atoms with van der Waals surface area (Å²) in [6, 6.07) is 73.4. The summed E-state index contributed by atoms with van der Waals surface area (Å²) in [6.45, 7) is 9.46. The van der Waals surface area contributed by atoms with Gasteiger partial charge in [0.05, 0.1) is 22.2 Å². The molecule has 0 bridgehead atoms. The van der Waals surface area contributed by atoms with Crippen LogP contribution in [0.3, 0.4) is 0 Å².